The van der Waals surface area contributed by atoms with Crippen LogP contribution >= 0.6 is 0 Å². The van der Waals surface area contributed by atoms with Gasteiger partial charge < -0.3 is 10.2 Å². The van der Waals surface area contributed by atoms with Crippen LogP contribution in [0.15, 0.2) is 30.6 Å². The van der Waals surface area contributed by atoms with Crippen LogP contribution in [0.5, 0.6) is 0 Å². The first-order chi connectivity index (χ1) is 9.56. The van der Waals surface area contributed by atoms with Gasteiger partial charge in [-0.15, -0.1) is 0 Å². The van der Waals surface area contributed by atoms with Crippen molar-refractivity contribution in [3.05, 3.63) is 47.8 Å². The van der Waals surface area contributed by atoms with E-state index in [1.807, 2.05) is 19.1 Å². The molecule has 0 atom stereocenters. The second-order valence-electron chi connectivity index (χ2n) is 4.58. The summed E-state index contributed by atoms with van der Waals surface area (Å²) in [6, 6.07) is 5.41. The molecule has 0 bridgehead atoms. The fourth-order valence-corrected chi connectivity index (χ4v) is 1.68. The zero-order chi connectivity index (χ0) is 14.5. The third-order valence-electron chi connectivity index (χ3n) is 2.69. The minimum Gasteiger partial charge on any atom is -0.379 e. The van der Waals surface area contributed by atoms with Crippen LogP contribution in [0.3, 0.4) is 0 Å². The Morgan fingerprint density at radius 3 is 2.70 bits per heavy atom. The van der Waals surface area contributed by atoms with Crippen molar-refractivity contribution in [3.8, 4) is 0 Å². The maximum Gasteiger partial charge on any atom is 0.272 e. The molecule has 0 saturated heterocycles. The van der Waals surface area contributed by atoms with Crippen LogP contribution < -0.4 is 5.32 Å². The highest BCUT2D eigenvalue weighted by atomic mass is 16.2. The Bertz CT molecular complexity index is 612. The van der Waals surface area contributed by atoms with E-state index in [4.69, 9.17) is 0 Å². The monoisotopic (exact) mass is 271 g/mol. The Balaban J connectivity index is 2.07. The zero-order valence-corrected chi connectivity index (χ0v) is 11.8. The Morgan fingerprint density at radius 2 is 2.00 bits per heavy atom. The summed E-state index contributed by atoms with van der Waals surface area (Å²) < 4.78 is 0. The van der Waals surface area contributed by atoms with Crippen LogP contribution in [0.1, 0.15) is 22.0 Å². The molecule has 1 N–H and O–H groups in total. The van der Waals surface area contributed by atoms with Crippen LogP contribution in [0.25, 0.3) is 0 Å². The first kappa shape index (κ1) is 13.9. The number of carbonyl (C=O) groups is 1. The highest BCUT2D eigenvalue weighted by Crippen LogP contribution is 2.10. The SMILES string of the molecule is Cc1nccc(CNc2ccnc(C(=O)N(C)C)c2)n1. The summed E-state index contributed by atoms with van der Waals surface area (Å²) in [6.45, 7) is 2.42. The van der Waals surface area contributed by atoms with Crippen molar-refractivity contribution in [2.24, 2.45) is 0 Å². The van der Waals surface area contributed by atoms with Gasteiger partial charge in [0, 0.05) is 32.2 Å². The molecule has 0 fully saturated rings. The van der Waals surface area contributed by atoms with E-state index in [1.54, 1.807) is 32.6 Å². The van der Waals surface area contributed by atoms with Gasteiger partial charge in [0.1, 0.15) is 11.5 Å². The van der Waals surface area contributed by atoms with Gasteiger partial charge >= 0.3 is 0 Å². The predicted molar refractivity (Wildman–Crippen MR) is 76.4 cm³/mol. The molecule has 6 heteroatoms. The van der Waals surface area contributed by atoms with Crippen molar-refractivity contribution in [3.63, 3.8) is 0 Å². The van der Waals surface area contributed by atoms with E-state index in [1.165, 1.54) is 4.90 Å². The maximum absolute atomic E-state index is 11.8. The Labute approximate surface area is 117 Å². The molecule has 0 radical (unpaired) electrons. The summed E-state index contributed by atoms with van der Waals surface area (Å²) in [4.78, 5) is 25.8. The second kappa shape index (κ2) is 6.10. The van der Waals surface area contributed by atoms with E-state index in [-0.39, 0.29) is 5.91 Å². The maximum atomic E-state index is 11.8. The fraction of sp³-hybridized carbons (Fsp3) is 0.286. The molecule has 2 aromatic heterocycles. The topological polar surface area (TPSA) is 71.0 Å². The number of rotatable bonds is 4. The molecule has 0 aliphatic carbocycles. The number of aryl methyl sites for hydroxylation is 1. The average Bonchev–Trinajstić information content (AvgIpc) is 2.44. The van der Waals surface area contributed by atoms with E-state index in [9.17, 15) is 4.79 Å². The Kier molecular flexibility index (Phi) is 4.24. The van der Waals surface area contributed by atoms with E-state index in [2.05, 4.69) is 20.3 Å². The van der Waals surface area contributed by atoms with Gasteiger partial charge in [0.25, 0.3) is 5.91 Å². The molecular formula is C14H17N5O. The van der Waals surface area contributed by atoms with Crippen molar-refractivity contribution >= 4 is 11.6 Å². The molecule has 1 amide bonds. The third-order valence-corrected chi connectivity index (χ3v) is 2.69. The lowest BCUT2D eigenvalue weighted by molar-refractivity contribution is 0.0822. The molecular weight excluding hydrogens is 254 g/mol. The van der Waals surface area contributed by atoms with Crippen molar-refractivity contribution in [1.29, 1.82) is 0 Å². The molecule has 0 unspecified atom stereocenters. The standard InChI is InChI=1S/C14H17N5O/c1-10-15-6-5-12(18-10)9-17-11-4-7-16-13(8-11)14(20)19(2)3/h4-8H,9H2,1-3H3,(H,16,17). The summed E-state index contributed by atoms with van der Waals surface area (Å²) in [5.74, 6) is 0.619. The summed E-state index contributed by atoms with van der Waals surface area (Å²) in [6.07, 6.45) is 3.34. The van der Waals surface area contributed by atoms with Crippen molar-refractivity contribution in [1.82, 2.24) is 19.9 Å². The Hall–Kier alpha value is -2.50. The summed E-state index contributed by atoms with van der Waals surface area (Å²) >= 11 is 0. The first-order valence-electron chi connectivity index (χ1n) is 6.26. The lowest BCUT2D eigenvalue weighted by Gasteiger charge is -2.11. The van der Waals surface area contributed by atoms with Crippen LogP contribution in [-0.2, 0) is 6.54 Å². The lowest BCUT2D eigenvalue weighted by Crippen LogP contribution is -2.22. The first-order valence-corrected chi connectivity index (χ1v) is 6.26. The van der Waals surface area contributed by atoms with Gasteiger partial charge in [0.15, 0.2) is 0 Å². The largest absolute Gasteiger partial charge is 0.379 e. The number of nitrogens with one attached hydrogen (secondary N) is 1. The van der Waals surface area contributed by atoms with Gasteiger partial charge in [0.05, 0.1) is 12.2 Å². The highest BCUT2D eigenvalue weighted by Gasteiger charge is 2.09. The van der Waals surface area contributed by atoms with Crippen molar-refractivity contribution in [2.45, 2.75) is 13.5 Å². The molecule has 0 saturated carbocycles. The van der Waals surface area contributed by atoms with Gasteiger partial charge in [-0.3, -0.25) is 9.78 Å². The molecule has 2 heterocycles. The molecule has 6 nitrogen and oxygen atoms in total. The highest BCUT2D eigenvalue weighted by molar-refractivity contribution is 5.92. The quantitative estimate of drug-likeness (QED) is 0.912. The molecule has 0 aliphatic rings. The lowest BCUT2D eigenvalue weighted by atomic mass is 10.3. The number of hydrogen-bond donors (Lipinski definition) is 1. The zero-order valence-electron chi connectivity index (χ0n) is 11.8. The molecule has 2 aromatic rings. The van der Waals surface area contributed by atoms with Gasteiger partial charge in [0.2, 0.25) is 0 Å². The van der Waals surface area contributed by atoms with Crippen LogP contribution in [-0.4, -0.2) is 39.9 Å². The molecule has 0 spiro atoms. The number of amides is 1. The Morgan fingerprint density at radius 1 is 1.25 bits per heavy atom. The van der Waals surface area contributed by atoms with E-state index >= 15 is 0 Å². The average molecular weight is 271 g/mol. The minimum atomic E-state index is -0.119. The second-order valence-corrected chi connectivity index (χ2v) is 4.58. The van der Waals surface area contributed by atoms with Gasteiger partial charge in [-0.05, 0) is 25.1 Å². The predicted octanol–water partition coefficient (Wildman–Crippen LogP) is 1.49. The van der Waals surface area contributed by atoms with E-state index < -0.39 is 0 Å². The van der Waals surface area contributed by atoms with Crippen LogP contribution in [0.2, 0.25) is 0 Å². The van der Waals surface area contributed by atoms with Gasteiger partial charge in [-0.1, -0.05) is 0 Å². The number of hydrogen-bond acceptors (Lipinski definition) is 5. The van der Waals surface area contributed by atoms with Gasteiger partial charge in [-0.2, -0.15) is 0 Å². The summed E-state index contributed by atoms with van der Waals surface area (Å²) in [7, 11) is 3.40. The minimum absolute atomic E-state index is 0.119. The fourth-order valence-electron chi connectivity index (χ4n) is 1.68. The van der Waals surface area contributed by atoms with Crippen LogP contribution in [0, 0.1) is 6.92 Å². The molecule has 20 heavy (non-hydrogen) atoms. The van der Waals surface area contributed by atoms with E-state index in [0.29, 0.717) is 12.2 Å². The number of aromatic nitrogens is 3. The summed E-state index contributed by atoms with van der Waals surface area (Å²) in [5.41, 5.74) is 2.15. The number of pyridine rings is 1. The molecule has 0 aliphatic heterocycles. The van der Waals surface area contributed by atoms with E-state index in [0.717, 1.165) is 17.2 Å². The number of anilines is 1. The normalized spacial score (nSPS) is 10.2. The molecule has 104 valence electrons. The number of carbonyl (C=O) groups excluding carboxylic acids is 1. The summed E-state index contributed by atoms with van der Waals surface area (Å²) in [5, 5.41) is 3.22. The van der Waals surface area contributed by atoms with Crippen LogP contribution in [0.4, 0.5) is 5.69 Å². The van der Waals surface area contributed by atoms with Gasteiger partial charge in [-0.25, -0.2) is 9.97 Å². The van der Waals surface area contributed by atoms with Crippen molar-refractivity contribution in [2.75, 3.05) is 19.4 Å². The third kappa shape index (κ3) is 3.50. The molecule has 0 aromatic carbocycles. The van der Waals surface area contributed by atoms with Crippen molar-refractivity contribution < 1.29 is 4.79 Å². The molecule has 2 rings (SSSR count). The number of nitrogens with zero attached hydrogens (tertiary/aromatic N) is 4. The smallest absolute Gasteiger partial charge is 0.272 e.